The molecule has 0 spiro atoms. The van der Waals surface area contributed by atoms with Gasteiger partial charge in [0.25, 0.3) is 0 Å². The molecular formula is C10H8F2O. The number of hydrogen-bond acceptors (Lipinski definition) is 1. The average molecular weight is 182 g/mol. The summed E-state index contributed by atoms with van der Waals surface area (Å²) in [5.41, 5.74) is 1.38. The van der Waals surface area contributed by atoms with Crippen LogP contribution in [0.5, 0.6) is 0 Å². The fraction of sp³-hybridized carbons (Fsp3) is 0.200. The van der Waals surface area contributed by atoms with Gasteiger partial charge in [-0.25, -0.2) is 8.78 Å². The van der Waals surface area contributed by atoms with E-state index in [2.05, 4.69) is 0 Å². The van der Waals surface area contributed by atoms with Crippen LogP contribution in [0, 0.1) is 0 Å². The van der Waals surface area contributed by atoms with Crippen molar-refractivity contribution in [2.24, 2.45) is 0 Å². The van der Waals surface area contributed by atoms with Crippen molar-refractivity contribution in [3.05, 3.63) is 36.1 Å². The Morgan fingerprint density at radius 1 is 1.23 bits per heavy atom. The molecule has 68 valence electrons. The highest BCUT2D eigenvalue weighted by atomic mass is 19.3. The normalized spacial score (nSPS) is 11.3. The number of hydrogen-bond donors (Lipinski definition) is 0. The zero-order chi connectivity index (χ0) is 9.26. The van der Waals surface area contributed by atoms with E-state index in [4.69, 9.17) is 4.42 Å². The lowest BCUT2D eigenvalue weighted by molar-refractivity contribution is 0.149. The molecule has 0 aliphatic rings. The van der Waals surface area contributed by atoms with Gasteiger partial charge in [0.2, 0.25) is 6.43 Å². The van der Waals surface area contributed by atoms with Crippen molar-refractivity contribution >= 4 is 11.0 Å². The number of halogens is 2. The molecule has 0 unspecified atom stereocenters. The monoisotopic (exact) mass is 182 g/mol. The van der Waals surface area contributed by atoms with Crippen LogP contribution >= 0.6 is 0 Å². The van der Waals surface area contributed by atoms with Gasteiger partial charge >= 0.3 is 0 Å². The molecule has 0 aliphatic carbocycles. The van der Waals surface area contributed by atoms with Gasteiger partial charge in [0.15, 0.2) is 0 Å². The molecule has 0 saturated heterocycles. The van der Waals surface area contributed by atoms with Crippen molar-refractivity contribution in [3.8, 4) is 0 Å². The van der Waals surface area contributed by atoms with Gasteiger partial charge in [0, 0.05) is 11.8 Å². The summed E-state index contributed by atoms with van der Waals surface area (Å²) in [6.45, 7) is 0. The first kappa shape index (κ1) is 8.23. The third-order valence-electron chi connectivity index (χ3n) is 1.91. The predicted octanol–water partition coefficient (Wildman–Crippen LogP) is 3.24. The maximum atomic E-state index is 12.0. The van der Waals surface area contributed by atoms with Crippen LogP contribution in [-0.2, 0) is 6.42 Å². The maximum Gasteiger partial charge on any atom is 0.242 e. The summed E-state index contributed by atoms with van der Waals surface area (Å²) < 4.78 is 29.1. The van der Waals surface area contributed by atoms with E-state index in [1.54, 1.807) is 30.5 Å². The molecule has 2 rings (SSSR count). The van der Waals surface area contributed by atoms with Crippen LogP contribution in [-0.4, -0.2) is 6.43 Å². The van der Waals surface area contributed by atoms with E-state index in [0.717, 1.165) is 11.0 Å². The molecule has 0 atom stereocenters. The number of furan rings is 1. The molecule has 3 heteroatoms. The highest BCUT2D eigenvalue weighted by Crippen LogP contribution is 2.18. The van der Waals surface area contributed by atoms with E-state index < -0.39 is 6.43 Å². The van der Waals surface area contributed by atoms with Crippen molar-refractivity contribution in [1.29, 1.82) is 0 Å². The van der Waals surface area contributed by atoms with Crippen molar-refractivity contribution < 1.29 is 13.2 Å². The van der Waals surface area contributed by atoms with Crippen LogP contribution in [0.15, 0.2) is 34.9 Å². The van der Waals surface area contributed by atoms with Gasteiger partial charge in [-0.05, 0) is 23.8 Å². The Morgan fingerprint density at radius 3 is 2.85 bits per heavy atom. The third-order valence-corrected chi connectivity index (χ3v) is 1.91. The summed E-state index contributed by atoms with van der Waals surface area (Å²) >= 11 is 0. The standard InChI is InChI=1S/C10H8F2O/c11-10(12)6-7-1-2-9-8(5-7)3-4-13-9/h1-5,10H,6H2. The van der Waals surface area contributed by atoms with Crippen molar-refractivity contribution in [3.63, 3.8) is 0 Å². The van der Waals surface area contributed by atoms with Gasteiger partial charge in [-0.3, -0.25) is 0 Å². The molecule has 1 aromatic heterocycles. The zero-order valence-corrected chi connectivity index (χ0v) is 6.84. The first-order chi connectivity index (χ1) is 6.25. The van der Waals surface area contributed by atoms with Crippen LogP contribution in [0.3, 0.4) is 0 Å². The summed E-state index contributed by atoms with van der Waals surface area (Å²) in [6, 6.07) is 6.88. The van der Waals surface area contributed by atoms with Gasteiger partial charge in [-0.2, -0.15) is 0 Å². The second-order valence-electron chi connectivity index (χ2n) is 2.89. The molecule has 1 heterocycles. The van der Waals surface area contributed by atoms with Gasteiger partial charge in [-0.15, -0.1) is 0 Å². The third kappa shape index (κ3) is 1.69. The molecule has 0 radical (unpaired) electrons. The van der Waals surface area contributed by atoms with Crippen LogP contribution in [0.2, 0.25) is 0 Å². The fourth-order valence-electron chi connectivity index (χ4n) is 1.32. The van der Waals surface area contributed by atoms with E-state index in [-0.39, 0.29) is 6.42 Å². The summed E-state index contributed by atoms with van der Waals surface area (Å²) in [5.74, 6) is 0. The van der Waals surface area contributed by atoms with E-state index >= 15 is 0 Å². The van der Waals surface area contributed by atoms with Gasteiger partial charge < -0.3 is 4.42 Å². The SMILES string of the molecule is FC(F)Cc1ccc2occc2c1. The van der Waals surface area contributed by atoms with Crippen LogP contribution in [0.1, 0.15) is 5.56 Å². The minimum atomic E-state index is -2.29. The van der Waals surface area contributed by atoms with E-state index in [0.29, 0.717) is 5.56 Å². The minimum absolute atomic E-state index is 0.193. The number of benzene rings is 1. The number of alkyl halides is 2. The Bertz CT molecular complexity index is 406. The van der Waals surface area contributed by atoms with Crippen LogP contribution in [0.4, 0.5) is 8.78 Å². The predicted molar refractivity (Wildman–Crippen MR) is 45.9 cm³/mol. The summed E-state index contributed by atoms with van der Waals surface area (Å²) in [5, 5.41) is 0.873. The Hall–Kier alpha value is -1.38. The van der Waals surface area contributed by atoms with Crippen molar-refractivity contribution in [1.82, 2.24) is 0 Å². The highest BCUT2D eigenvalue weighted by Gasteiger charge is 2.05. The summed E-state index contributed by atoms with van der Waals surface area (Å²) in [6.07, 6.45) is -0.929. The van der Waals surface area contributed by atoms with E-state index in [1.807, 2.05) is 0 Å². The average Bonchev–Trinajstić information content (AvgIpc) is 2.49. The zero-order valence-electron chi connectivity index (χ0n) is 6.84. The molecule has 2 aromatic rings. The molecule has 13 heavy (non-hydrogen) atoms. The Kier molecular flexibility index (Phi) is 2.00. The molecule has 0 amide bonds. The smallest absolute Gasteiger partial charge is 0.242 e. The molecule has 1 nitrogen and oxygen atoms in total. The molecule has 0 saturated carbocycles. The van der Waals surface area contributed by atoms with E-state index in [9.17, 15) is 8.78 Å². The van der Waals surface area contributed by atoms with Crippen molar-refractivity contribution in [2.45, 2.75) is 12.8 Å². The number of fused-ring (bicyclic) bond motifs is 1. The molecule has 0 bridgehead atoms. The lowest BCUT2D eigenvalue weighted by atomic mass is 10.1. The Labute approximate surface area is 74.0 Å². The maximum absolute atomic E-state index is 12.0. The second-order valence-corrected chi connectivity index (χ2v) is 2.89. The minimum Gasteiger partial charge on any atom is -0.464 e. The molecular weight excluding hydrogens is 174 g/mol. The summed E-state index contributed by atoms with van der Waals surface area (Å²) in [4.78, 5) is 0. The number of rotatable bonds is 2. The second kappa shape index (κ2) is 3.17. The van der Waals surface area contributed by atoms with Gasteiger partial charge in [-0.1, -0.05) is 6.07 Å². The lowest BCUT2D eigenvalue weighted by Crippen LogP contribution is -1.95. The van der Waals surface area contributed by atoms with Gasteiger partial charge in [0.1, 0.15) is 5.58 Å². The molecule has 0 N–H and O–H groups in total. The largest absolute Gasteiger partial charge is 0.464 e. The quantitative estimate of drug-likeness (QED) is 0.694. The Morgan fingerprint density at radius 2 is 2.08 bits per heavy atom. The van der Waals surface area contributed by atoms with Crippen LogP contribution < -0.4 is 0 Å². The first-order valence-electron chi connectivity index (χ1n) is 4.00. The van der Waals surface area contributed by atoms with Crippen LogP contribution in [0.25, 0.3) is 11.0 Å². The molecule has 0 aliphatic heterocycles. The fourth-order valence-corrected chi connectivity index (χ4v) is 1.32. The van der Waals surface area contributed by atoms with Gasteiger partial charge in [0.05, 0.1) is 6.26 Å². The molecule has 1 aromatic carbocycles. The Balaban J connectivity index is 2.37. The molecule has 0 fully saturated rings. The topological polar surface area (TPSA) is 13.1 Å². The highest BCUT2D eigenvalue weighted by molar-refractivity contribution is 5.77. The summed E-state index contributed by atoms with van der Waals surface area (Å²) in [7, 11) is 0. The van der Waals surface area contributed by atoms with Crippen molar-refractivity contribution in [2.75, 3.05) is 0 Å². The lowest BCUT2D eigenvalue weighted by Gasteiger charge is -1.99. The van der Waals surface area contributed by atoms with E-state index in [1.165, 1.54) is 0 Å². The first-order valence-corrected chi connectivity index (χ1v) is 4.00.